The summed E-state index contributed by atoms with van der Waals surface area (Å²) in [5.41, 5.74) is 0.795. The number of hydrogen-bond acceptors (Lipinski definition) is 4. The van der Waals surface area contributed by atoms with Crippen LogP contribution in [0.25, 0.3) is 0 Å². The minimum absolute atomic E-state index is 0.125. The first-order valence-electron chi connectivity index (χ1n) is 6.03. The van der Waals surface area contributed by atoms with Crippen LogP contribution in [0.1, 0.15) is 29.1 Å². The monoisotopic (exact) mass is 253 g/mol. The average Bonchev–Trinajstić information content (AvgIpc) is 2.75. The fourth-order valence-corrected chi connectivity index (χ4v) is 2.75. The largest absolute Gasteiger partial charge is 0.367 e. The lowest BCUT2D eigenvalue weighted by molar-refractivity contribution is -0.0255. The van der Waals surface area contributed by atoms with E-state index in [0.717, 1.165) is 12.1 Å². The molecule has 1 aromatic rings. The van der Waals surface area contributed by atoms with Crippen LogP contribution >= 0.6 is 11.3 Å². The number of nitrogens with zero attached hydrogens (tertiary/aromatic N) is 1. The maximum absolute atomic E-state index is 12.2. The number of ether oxygens (including phenoxy) is 1. The minimum atomic E-state index is -0.292. The zero-order chi connectivity index (χ0) is 12.4. The highest BCUT2D eigenvalue weighted by Gasteiger charge is 2.28. The number of carbonyl (C=O) groups is 1. The van der Waals surface area contributed by atoms with Gasteiger partial charge in [0, 0.05) is 35.0 Å². The van der Waals surface area contributed by atoms with Crippen LogP contribution in [0.3, 0.4) is 0 Å². The maximum atomic E-state index is 12.2. The van der Waals surface area contributed by atoms with Crippen molar-refractivity contribution in [2.45, 2.75) is 32.9 Å². The van der Waals surface area contributed by atoms with Gasteiger partial charge in [0.05, 0.1) is 6.61 Å². The molecule has 3 nitrogen and oxygen atoms in total. The smallest absolute Gasteiger partial charge is 0.193 e. The molecule has 2 rings (SSSR count). The van der Waals surface area contributed by atoms with Crippen molar-refractivity contribution in [2.75, 3.05) is 19.7 Å². The van der Waals surface area contributed by atoms with Crippen LogP contribution in [-0.4, -0.2) is 42.5 Å². The minimum Gasteiger partial charge on any atom is -0.367 e. The normalized spacial score (nSPS) is 22.0. The van der Waals surface area contributed by atoms with Crippen molar-refractivity contribution in [3.05, 3.63) is 21.9 Å². The number of hydrogen-bond donors (Lipinski definition) is 0. The molecule has 1 aliphatic rings. The standard InChI is InChI=1S/C13H19NO2S/c1-9(2)14-4-5-16-12(7-14)13(15)11-6-10(3)17-8-11/h6,8-9,12H,4-5,7H2,1-3H3. The van der Waals surface area contributed by atoms with E-state index in [-0.39, 0.29) is 11.9 Å². The lowest BCUT2D eigenvalue weighted by Gasteiger charge is -2.34. The van der Waals surface area contributed by atoms with Crippen molar-refractivity contribution in [2.24, 2.45) is 0 Å². The number of thiophene rings is 1. The summed E-state index contributed by atoms with van der Waals surface area (Å²) in [6.45, 7) is 8.61. The van der Waals surface area contributed by atoms with E-state index in [9.17, 15) is 4.79 Å². The molecular formula is C13H19NO2S. The van der Waals surface area contributed by atoms with Crippen LogP contribution in [0.5, 0.6) is 0 Å². The third-order valence-electron chi connectivity index (χ3n) is 3.14. The number of aryl methyl sites for hydroxylation is 1. The van der Waals surface area contributed by atoms with Crippen LogP contribution in [0.15, 0.2) is 11.4 Å². The van der Waals surface area contributed by atoms with Gasteiger partial charge < -0.3 is 4.74 Å². The van der Waals surface area contributed by atoms with E-state index in [1.807, 2.05) is 18.4 Å². The summed E-state index contributed by atoms with van der Waals surface area (Å²) in [5, 5.41) is 1.93. The van der Waals surface area contributed by atoms with E-state index < -0.39 is 0 Å². The Morgan fingerprint density at radius 2 is 2.35 bits per heavy atom. The first-order chi connectivity index (χ1) is 8.08. The van der Waals surface area contributed by atoms with E-state index in [2.05, 4.69) is 18.7 Å². The third-order valence-corrected chi connectivity index (χ3v) is 4.00. The molecule has 0 aromatic carbocycles. The summed E-state index contributed by atoms with van der Waals surface area (Å²) in [5.74, 6) is 0.125. The van der Waals surface area contributed by atoms with Gasteiger partial charge in [-0.05, 0) is 26.8 Å². The van der Waals surface area contributed by atoms with Gasteiger partial charge in [0.25, 0.3) is 0 Å². The molecule has 1 aromatic heterocycles. The molecule has 0 bridgehead atoms. The summed E-state index contributed by atoms with van der Waals surface area (Å²) < 4.78 is 5.60. The molecule has 1 fully saturated rings. The Balaban J connectivity index is 2.04. The van der Waals surface area contributed by atoms with Crippen molar-refractivity contribution >= 4 is 17.1 Å². The number of Topliss-reactive ketones (excluding diaryl/α,β-unsaturated/α-hetero) is 1. The highest BCUT2D eigenvalue weighted by molar-refractivity contribution is 7.10. The lowest BCUT2D eigenvalue weighted by Crippen LogP contribution is -2.48. The Kier molecular flexibility index (Phi) is 3.97. The summed E-state index contributed by atoms with van der Waals surface area (Å²) in [6.07, 6.45) is -0.292. The zero-order valence-electron chi connectivity index (χ0n) is 10.6. The summed E-state index contributed by atoms with van der Waals surface area (Å²) in [7, 11) is 0. The van der Waals surface area contributed by atoms with Crippen molar-refractivity contribution in [3.8, 4) is 0 Å². The molecule has 0 N–H and O–H groups in total. The van der Waals surface area contributed by atoms with Crippen LogP contribution in [-0.2, 0) is 4.74 Å². The molecule has 0 saturated carbocycles. The number of rotatable bonds is 3. The molecule has 4 heteroatoms. The van der Waals surface area contributed by atoms with Gasteiger partial charge in [-0.15, -0.1) is 11.3 Å². The fraction of sp³-hybridized carbons (Fsp3) is 0.615. The van der Waals surface area contributed by atoms with Gasteiger partial charge in [-0.3, -0.25) is 9.69 Å². The zero-order valence-corrected chi connectivity index (χ0v) is 11.4. The van der Waals surface area contributed by atoms with Gasteiger partial charge >= 0.3 is 0 Å². The summed E-state index contributed by atoms with van der Waals surface area (Å²) in [4.78, 5) is 15.7. The van der Waals surface area contributed by atoms with Gasteiger partial charge in [-0.1, -0.05) is 0 Å². The van der Waals surface area contributed by atoms with Crippen molar-refractivity contribution in [1.29, 1.82) is 0 Å². The van der Waals surface area contributed by atoms with Crippen molar-refractivity contribution < 1.29 is 9.53 Å². The molecule has 0 radical (unpaired) electrons. The topological polar surface area (TPSA) is 29.5 Å². The predicted octanol–water partition coefficient (Wildman–Crippen LogP) is 2.35. The Morgan fingerprint density at radius 1 is 1.59 bits per heavy atom. The van der Waals surface area contributed by atoms with Crippen LogP contribution in [0.4, 0.5) is 0 Å². The summed E-state index contributed by atoms with van der Waals surface area (Å²) in [6, 6.07) is 2.42. The second kappa shape index (κ2) is 5.29. The van der Waals surface area contributed by atoms with Crippen LogP contribution in [0, 0.1) is 6.92 Å². The molecule has 94 valence electrons. The molecular weight excluding hydrogens is 234 g/mol. The van der Waals surface area contributed by atoms with E-state index in [1.54, 1.807) is 11.3 Å². The summed E-state index contributed by atoms with van der Waals surface area (Å²) >= 11 is 1.61. The number of morpholine rings is 1. The van der Waals surface area contributed by atoms with E-state index in [0.29, 0.717) is 19.2 Å². The molecule has 0 amide bonds. The van der Waals surface area contributed by atoms with Gasteiger partial charge in [0.15, 0.2) is 5.78 Å². The Morgan fingerprint density at radius 3 is 2.94 bits per heavy atom. The quantitative estimate of drug-likeness (QED) is 0.774. The molecule has 1 unspecified atom stereocenters. The third kappa shape index (κ3) is 2.94. The van der Waals surface area contributed by atoms with Gasteiger partial charge in [0.2, 0.25) is 0 Å². The molecule has 0 aliphatic carbocycles. The first kappa shape index (κ1) is 12.7. The molecule has 1 saturated heterocycles. The highest BCUT2D eigenvalue weighted by Crippen LogP contribution is 2.18. The number of carbonyl (C=O) groups excluding carboxylic acids is 1. The molecule has 0 spiro atoms. The first-order valence-corrected chi connectivity index (χ1v) is 6.91. The van der Waals surface area contributed by atoms with E-state index >= 15 is 0 Å². The number of ketones is 1. The second-order valence-corrected chi connectivity index (χ2v) is 5.87. The molecule has 1 atom stereocenters. The Labute approximate surface area is 106 Å². The maximum Gasteiger partial charge on any atom is 0.193 e. The second-order valence-electron chi connectivity index (χ2n) is 4.76. The van der Waals surface area contributed by atoms with Crippen LogP contribution < -0.4 is 0 Å². The molecule has 1 aliphatic heterocycles. The highest BCUT2D eigenvalue weighted by atomic mass is 32.1. The molecule has 17 heavy (non-hydrogen) atoms. The lowest BCUT2D eigenvalue weighted by atomic mass is 10.1. The van der Waals surface area contributed by atoms with Crippen molar-refractivity contribution in [3.63, 3.8) is 0 Å². The van der Waals surface area contributed by atoms with Gasteiger partial charge in [-0.2, -0.15) is 0 Å². The van der Waals surface area contributed by atoms with E-state index in [4.69, 9.17) is 4.74 Å². The fourth-order valence-electron chi connectivity index (χ4n) is 2.06. The average molecular weight is 253 g/mol. The Hall–Kier alpha value is -0.710. The SMILES string of the molecule is Cc1cc(C(=O)C2CN(C(C)C)CCO2)cs1. The van der Waals surface area contributed by atoms with Gasteiger partial charge in [-0.25, -0.2) is 0 Å². The predicted molar refractivity (Wildman–Crippen MR) is 69.8 cm³/mol. The van der Waals surface area contributed by atoms with Crippen LogP contribution in [0.2, 0.25) is 0 Å². The Bertz CT molecular complexity index is 400. The molecule has 2 heterocycles. The van der Waals surface area contributed by atoms with Gasteiger partial charge in [0.1, 0.15) is 6.10 Å². The van der Waals surface area contributed by atoms with E-state index in [1.165, 1.54) is 4.88 Å². The van der Waals surface area contributed by atoms with Crippen molar-refractivity contribution in [1.82, 2.24) is 4.90 Å².